The van der Waals surface area contributed by atoms with E-state index < -0.39 is 0 Å². The van der Waals surface area contributed by atoms with Crippen LogP contribution in [-0.4, -0.2) is 19.8 Å². The minimum absolute atomic E-state index is 0.380. The third-order valence-corrected chi connectivity index (χ3v) is 3.72. The molecule has 0 aromatic heterocycles. The lowest BCUT2D eigenvalue weighted by atomic mass is 9.99. The number of nitrogens with one attached hydrogen (secondary N) is 1. The molecule has 0 radical (unpaired) electrons. The fourth-order valence-electron chi connectivity index (χ4n) is 2.04. The standard InChI is InChI=1S/C15H24BrNO/c1-5-14(12-7-6-8-13(16)9-12)17-15(10-18-4)11(2)3/h6-9,11,14-15,17H,5,10H2,1-4H3. The molecule has 0 heterocycles. The monoisotopic (exact) mass is 313 g/mol. The Bertz CT molecular complexity index is 354. The first-order valence-corrected chi connectivity index (χ1v) is 7.38. The average molecular weight is 314 g/mol. The van der Waals surface area contributed by atoms with E-state index in [1.165, 1.54) is 5.56 Å². The van der Waals surface area contributed by atoms with E-state index in [0.29, 0.717) is 18.0 Å². The van der Waals surface area contributed by atoms with E-state index in [1.54, 1.807) is 7.11 Å². The van der Waals surface area contributed by atoms with Crippen LogP contribution in [0, 0.1) is 5.92 Å². The van der Waals surface area contributed by atoms with Crippen molar-refractivity contribution in [3.05, 3.63) is 34.3 Å². The highest BCUT2D eigenvalue weighted by molar-refractivity contribution is 9.10. The zero-order valence-corrected chi connectivity index (χ0v) is 13.3. The Kier molecular flexibility index (Phi) is 6.90. The lowest BCUT2D eigenvalue weighted by molar-refractivity contribution is 0.139. The maximum atomic E-state index is 5.30. The summed E-state index contributed by atoms with van der Waals surface area (Å²) in [5.74, 6) is 0.561. The van der Waals surface area contributed by atoms with Gasteiger partial charge in [0.05, 0.1) is 6.61 Å². The Balaban J connectivity index is 2.77. The summed E-state index contributed by atoms with van der Waals surface area (Å²) in [4.78, 5) is 0. The van der Waals surface area contributed by atoms with Crippen molar-refractivity contribution in [2.24, 2.45) is 5.92 Å². The highest BCUT2D eigenvalue weighted by Gasteiger charge is 2.18. The van der Waals surface area contributed by atoms with Crippen LogP contribution < -0.4 is 5.32 Å². The molecule has 2 atom stereocenters. The molecule has 0 saturated heterocycles. The van der Waals surface area contributed by atoms with Crippen LogP contribution >= 0.6 is 15.9 Å². The van der Waals surface area contributed by atoms with Crippen LogP contribution in [0.15, 0.2) is 28.7 Å². The number of halogens is 1. The van der Waals surface area contributed by atoms with Crippen LogP contribution in [0.1, 0.15) is 38.8 Å². The normalized spacial score (nSPS) is 14.8. The summed E-state index contributed by atoms with van der Waals surface area (Å²) in [5, 5.41) is 3.70. The van der Waals surface area contributed by atoms with Crippen LogP contribution in [0.4, 0.5) is 0 Å². The molecule has 0 spiro atoms. The van der Waals surface area contributed by atoms with Gasteiger partial charge < -0.3 is 10.1 Å². The Morgan fingerprint density at radius 2 is 2.06 bits per heavy atom. The third kappa shape index (κ3) is 4.71. The molecule has 0 fully saturated rings. The molecule has 1 N–H and O–H groups in total. The summed E-state index contributed by atoms with van der Waals surface area (Å²) in [5.41, 5.74) is 1.33. The highest BCUT2D eigenvalue weighted by atomic mass is 79.9. The highest BCUT2D eigenvalue weighted by Crippen LogP contribution is 2.22. The molecule has 1 aromatic rings. The molecule has 0 bridgehead atoms. The summed E-state index contributed by atoms with van der Waals surface area (Å²) in [7, 11) is 1.76. The summed E-state index contributed by atoms with van der Waals surface area (Å²) in [6.07, 6.45) is 1.07. The van der Waals surface area contributed by atoms with Crippen molar-refractivity contribution in [3.63, 3.8) is 0 Å². The van der Waals surface area contributed by atoms with Gasteiger partial charge in [-0.2, -0.15) is 0 Å². The summed E-state index contributed by atoms with van der Waals surface area (Å²) < 4.78 is 6.43. The minimum atomic E-state index is 0.380. The Hall–Kier alpha value is -0.380. The van der Waals surface area contributed by atoms with Gasteiger partial charge in [-0.1, -0.05) is 48.8 Å². The molecule has 102 valence electrons. The molecule has 2 nitrogen and oxygen atoms in total. The van der Waals surface area contributed by atoms with Gasteiger partial charge in [-0.05, 0) is 30.0 Å². The molecule has 0 saturated carbocycles. The number of benzene rings is 1. The Morgan fingerprint density at radius 1 is 1.33 bits per heavy atom. The zero-order chi connectivity index (χ0) is 13.5. The second kappa shape index (κ2) is 7.93. The van der Waals surface area contributed by atoms with Gasteiger partial charge in [-0.3, -0.25) is 0 Å². The summed E-state index contributed by atoms with van der Waals surface area (Å²) >= 11 is 3.53. The number of hydrogen-bond donors (Lipinski definition) is 1. The van der Waals surface area contributed by atoms with E-state index in [1.807, 2.05) is 0 Å². The molecular weight excluding hydrogens is 290 g/mol. The molecule has 18 heavy (non-hydrogen) atoms. The van der Waals surface area contributed by atoms with Crippen molar-refractivity contribution in [1.29, 1.82) is 0 Å². The first-order valence-electron chi connectivity index (χ1n) is 6.58. The quantitative estimate of drug-likeness (QED) is 0.816. The van der Waals surface area contributed by atoms with Gasteiger partial charge in [0.2, 0.25) is 0 Å². The predicted molar refractivity (Wildman–Crippen MR) is 80.8 cm³/mol. The van der Waals surface area contributed by atoms with Gasteiger partial charge in [0.1, 0.15) is 0 Å². The Labute approximate surface area is 119 Å². The summed E-state index contributed by atoms with van der Waals surface area (Å²) in [6.45, 7) is 7.42. The molecule has 0 aliphatic rings. The van der Waals surface area contributed by atoms with Gasteiger partial charge in [0.25, 0.3) is 0 Å². The molecule has 0 amide bonds. The van der Waals surface area contributed by atoms with Gasteiger partial charge in [-0.25, -0.2) is 0 Å². The van der Waals surface area contributed by atoms with Crippen LogP contribution in [-0.2, 0) is 4.74 Å². The van der Waals surface area contributed by atoms with Gasteiger partial charge in [0.15, 0.2) is 0 Å². The van der Waals surface area contributed by atoms with Crippen LogP contribution in [0.5, 0.6) is 0 Å². The van der Waals surface area contributed by atoms with Crippen molar-refractivity contribution >= 4 is 15.9 Å². The van der Waals surface area contributed by atoms with Crippen molar-refractivity contribution in [3.8, 4) is 0 Å². The third-order valence-electron chi connectivity index (χ3n) is 3.23. The minimum Gasteiger partial charge on any atom is -0.383 e. The summed E-state index contributed by atoms with van der Waals surface area (Å²) in [6, 6.07) is 9.28. The van der Waals surface area contributed by atoms with E-state index >= 15 is 0 Å². The first-order chi connectivity index (χ1) is 8.58. The fraction of sp³-hybridized carbons (Fsp3) is 0.600. The molecular formula is C15H24BrNO. The van der Waals surface area contributed by atoms with Crippen molar-refractivity contribution in [2.75, 3.05) is 13.7 Å². The molecule has 1 aromatic carbocycles. The van der Waals surface area contributed by atoms with E-state index in [2.05, 4.69) is 66.3 Å². The maximum absolute atomic E-state index is 5.30. The fourth-order valence-corrected chi connectivity index (χ4v) is 2.46. The lowest BCUT2D eigenvalue weighted by Gasteiger charge is -2.27. The van der Waals surface area contributed by atoms with Crippen LogP contribution in [0.3, 0.4) is 0 Å². The lowest BCUT2D eigenvalue weighted by Crippen LogP contribution is -2.40. The molecule has 0 aliphatic carbocycles. The van der Waals surface area contributed by atoms with Gasteiger partial charge in [0, 0.05) is 23.7 Å². The van der Waals surface area contributed by atoms with Crippen LogP contribution in [0.2, 0.25) is 0 Å². The number of hydrogen-bond acceptors (Lipinski definition) is 2. The van der Waals surface area contributed by atoms with E-state index in [4.69, 9.17) is 4.74 Å². The second-order valence-electron chi connectivity index (χ2n) is 4.99. The molecule has 3 heteroatoms. The molecule has 2 unspecified atom stereocenters. The first kappa shape index (κ1) is 15.7. The topological polar surface area (TPSA) is 21.3 Å². The molecule has 0 aliphatic heterocycles. The maximum Gasteiger partial charge on any atom is 0.0618 e. The van der Waals surface area contributed by atoms with Gasteiger partial charge in [-0.15, -0.1) is 0 Å². The van der Waals surface area contributed by atoms with Crippen molar-refractivity contribution in [1.82, 2.24) is 5.32 Å². The van der Waals surface area contributed by atoms with E-state index in [-0.39, 0.29) is 0 Å². The second-order valence-corrected chi connectivity index (χ2v) is 5.90. The van der Waals surface area contributed by atoms with Crippen molar-refractivity contribution < 1.29 is 4.74 Å². The number of methoxy groups -OCH3 is 1. The van der Waals surface area contributed by atoms with E-state index in [0.717, 1.165) is 17.5 Å². The average Bonchev–Trinajstić information content (AvgIpc) is 2.34. The van der Waals surface area contributed by atoms with Gasteiger partial charge >= 0.3 is 0 Å². The smallest absolute Gasteiger partial charge is 0.0618 e. The number of ether oxygens (including phenoxy) is 1. The zero-order valence-electron chi connectivity index (χ0n) is 11.7. The van der Waals surface area contributed by atoms with Crippen molar-refractivity contribution in [2.45, 2.75) is 39.3 Å². The number of rotatable bonds is 7. The SMILES string of the molecule is CCC(NC(COC)C(C)C)c1cccc(Br)c1. The Morgan fingerprint density at radius 3 is 2.56 bits per heavy atom. The van der Waals surface area contributed by atoms with Crippen LogP contribution in [0.25, 0.3) is 0 Å². The largest absolute Gasteiger partial charge is 0.383 e. The predicted octanol–water partition coefficient (Wildman–Crippen LogP) is 4.16. The van der Waals surface area contributed by atoms with E-state index in [9.17, 15) is 0 Å². The molecule has 1 rings (SSSR count).